The van der Waals surface area contributed by atoms with Gasteiger partial charge in [-0.25, -0.2) is 8.42 Å². The molecule has 0 aromatic carbocycles. The molecule has 0 radical (unpaired) electrons. The highest BCUT2D eigenvalue weighted by atomic mass is 79.9. The molecule has 1 aliphatic rings. The van der Waals surface area contributed by atoms with Gasteiger partial charge in [0.25, 0.3) is 0 Å². The highest BCUT2D eigenvalue weighted by molar-refractivity contribution is 9.09. The van der Waals surface area contributed by atoms with Crippen molar-refractivity contribution in [3.05, 3.63) is 0 Å². The fourth-order valence-corrected chi connectivity index (χ4v) is 5.26. The van der Waals surface area contributed by atoms with E-state index >= 15 is 0 Å². The summed E-state index contributed by atoms with van der Waals surface area (Å²) in [6, 6.07) is 0. The first kappa shape index (κ1) is 17.5. The first-order chi connectivity index (χ1) is 9.17. The van der Waals surface area contributed by atoms with E-state index < -0.39 is 9.84 Å². The lowest BCUT2D eigenvalue weighted by molar-refractivity contribution is 0.482. The van der Waals surface area contributed by atoms with Crippen LogP contribution in [0.15, 0.2) is 0 Å². The van der Waals surface area contributed by atoms with Crippen LogP contribution in [0.4, 0.5) is 0 Å². The maximum atomic E-state index is 12.2. The van der Waals surface area contributed by atoms with Crippen LogP contribution in [-0.4, -0.2) is 24.8 Å². The van der Waals surface area contributed by atoms with Crippen LogP contribution < -0.4 is 0 Å². The first-order valence-electron chi connectivity index (χ1n) is 7.94. The van der Waals surface area contributed by atoms with Crippen LogP contribution in [0.5, 0.6) is 0 Å². The van der Waals surface area contributed by atoms with Gasteiger partial charge in [0.05, 0.1) is 11.0 Å². The molecule has 4 heteroatoms. The van der Waals surface area contributed by atoms with E-state index in [4.69, 9.17) is 0 Å². The summed E-state index contributed by atoms with van der Waals surface area (Å²) >= 11 is 3.44. The minimum atomic E-state index is -2.79. The fraction of sp³-hybridized carbons (Fsp3) is 1.00. The topological polar surface area (TPSA) is 34.1 Å². The minimum Gasteiger partial charge on any atom is -0.229 e. The predicted octanol–water partition coefficient (Wildman–Crippen LogP) is 4.86. The van der Waals surface area contributed by atoms with Gasteiger partial charge in [0.15, 0.2) is 9.84 Å². The molecule has 0 unspecified atom stereocenters. The molecule has 114 valence electrons. The van der Waals surface area contributed by atoms with Gasteiger partial charge in [-0.05, 0) is 25.7 Å². The van der Waals surface area contributed by atoms with E-state index in [1.54, 1.807) is 0 Å². The summed E-state index contributed by atoms with van der Waals surface area (Å²) in [5.74, 6) is 0.430. The Morgan fingerprint density at radius 1 is 0.789 bits per heavy atom. The average molecular weight is 353 g/mol. The lowest BCUT2D eigenvalue weighted by Gasteiger charge is -2.21. The quantitative estimate of drug-likeness (QED) is 0.415. The second kappa shape index (κ2) is 10.2. The van der Waals surface area contributed by atoms with Crippen LogP contribution in [-0.2, 0) is 9.84 Å². The van der Waals surface area contributed by atoms with Gasteiger partial charge < -0.3 is 0 Å². The van der Waals surface area contributed by atoms with Crippen molar-refractivity contribution < 1.29 is 8.42 Å². The average Bonchev–Trinajstić information content (AvgIpc) is 2.43. The molecule has 19 heavy (non-hydrogen) atoms. The van der Waals surface area contributed by atoms with E-state index in [0.717, 1.165) is 43.9 Å². The van der Waals surface area contributed by atoms with Gasteiger partial charge in [-0.2, -0.15) is 0 Å². The molecule has 0 bridgehead atoms. The molecule has 1 aliphatic carbocycles. The summed E-state index contributed by atoms with van der Waals surface area (Å²) in [7, 11) is -2.79. The van der Waals surface area contributed by atoms with Crippen LogP contribution in [0.25, 0.3) is 0 Å². The molecule has 1 rings (SSSR count). The number of halogens is 1. The summed E-state index contributed by atoms with van der Waals surface area (Å²) in [4.78, 5) is 0. The van der Waals surface area contributed by atoms with Crippen LogP contribution in [0.3, 0.4) is 0 Å². The van der Waals surface area contributed by atoms with E-state index in [1.807, 2.05) is 0 Å². The van der Waals surface area contributed by atoms with E-state index in [0.29, 0.717) is 5.75 Å². The second-order valence-corrected chi connectivity index (χ2v) is 8.98. The molecule has 0 saturated heterocycles. The van der Waals surface area contributed by atoms with Gasteiger partial charge in [-0.15, -0.1) is 0 Å². The molecule has 0 aromatic heterocycles. The predicted molar refractivity (Wildman–Crippen MR) is 86.8 cm³/mol. The van der Waals surface area contributed by atoms with Crippen LogP contribution in [0.1, 0.15) is 77.0 Å². The van der Waals surface area contributed by atoms with Gasteiger partial charge in [-0.1, -0.05) is 67.3 Å². The normalized spacial score (nSPS) is 17.7. The number of hydrogen-bond acceptors (Lipinski definition) is 2. The smallest absolute Gasteiger partial charge is 0.153 e. The SMILES string of the molecule is O=S(=O)(CCCCCCCCCBr)C1CCCCC1. The molecule has 1 fully saturated rings. The van der Waals surface area contributed by atoms with Gasteiger partial charge >= 0.3 is 0 Å². The zero-order chi connectivity index (χ0) is 14.0. The molecule has 0 amide bonds. The third kappa shape index (κ3) is 7.69. The van der Waals surface area contributed by atoms with Crippen LogP contribution >= 0.6 is 15.9 Å². The van der Waals surface area contributed by atoms with E-state index in [9.17, 15) is 8.42 Å². The first-order valence-corrected chi connectivity index (χ1v) is 10.8. The molecular formula is C15H29BrO2S. The van der Waals surface area contributed by atoms with E-state index in [-0.39, 0.29) is 5.25 Å². The summed E-state index contributed by atoms with van der Waals surface area (Å²) in [5, 5.41) is 1.09. The molecule has 0 spiro atoms. The Morgan fingerprint density at radius 3 is 1.89 bits per heavy atom. The molecule has 0 N–H and O–H groups in total. The summed E-state index contributed by atoms with van der Waals surface area (Å²) in [5.41, 5.74) is 0. The highest BCUT2D eigenvalue weighted by Gasteiger charge is 2.26. The summed E-state index contributed by atoms with van der Waals surface area (Å²) in [6.07, 6.45) is 13.5. The Balaban J connectivity index is 2.04. The van der Waals surface area contributed by atoms with Crippen molar-refractivity contribution in [3.63, 3.8) is 0 Å². The number of hydrogen-bond donors (Lipinski definition) is 0. The molecule has 0 heterocycles. The summed E-state index contributed by atoms with van der Waals surface area (Å²) < 4.78 is 24.3. The maximum absolute atomic E-state index is 12.2. The van der Waals surface area contributed by atoms with Crippen molar-refractivity contribution in [1.29, 1.82) is 0 Å². The third-order valence-electron chi connectivity index (χ3n) is 4.12. The van der Waals surface area contributed by atoms with Gasteiger partial charge in [-0.3, -0.25) is 0 Å². The number of sulfone groups is 1. The third-order valence-corrected chi connectivity index (χ3v) is 7.03. The van der Waals surface area contributed by atoms with Crippen molar-refractivity contribution >= 4 is 25.8 Å². The van der Waals surface area contributed by atoms with Crippen molar-refractivity contribution in [3.8, 4) is 0 Å². The molecular weight excluding hydrogens is 324 g/mol. The van der Waals surface area contributed by atoms with Crippen LogP contribution in [0.2, 0.25) is 0 Å². The largest absolute Gasteiger partial charge is 0.229 e. The monoisotopic (exact) mass is 352 g/mol. The number of alkyl halides is 1. The zero-order valence-electron chi connectivity index (χ0n) is 12.1. The summed E-state index contributed by atoms with van der Waals surface area (Å²) in [6.45, 7) is 0. The molecule has 1 saturated carbocycles. The molecule has 2 nitrogen and oxygen atoms in total. The number of unbranched alkanes of at least 4 members (excludes halogenated alkanes) is 6. The standard InChI is InChI=1S/C15H29BrO2S/c16-13-9-4-2-1-3-5-10-14-19(17,18)15-11-7-6-8-12-15/h15H,1-14H2. The van der Waals surface area contributed by atoms with Gasteiger partial charge in [0.1, 0.15) is 0 Å². The van der Waals surface area contributed by atoms with Gasteiger partial charge in [0.2, 0.25) is 0 Å². The molecule has 0 aliphatic heterocycles. The second-order valence-electron chi connectivity index (χ2n) is 5.79. The number of rotatable bonds is 10. The fourth-order valence-electron chi connectivity index (χ4n) is 2.87. The highest BCUT2D eigenvalue weighted by Crippen LogP contribution is 2.25. The van der Waals surface area contributed by atoms with Gasteiger partial charge in [0, 0.05) is 5.33 Å². The Bertz CT molecular complexity index is 308. The van der Waals surface area contributed by atoms with Crippen molar-refractivity contribution in [2.45, 2.75) is 82.3 Å². The Kier molecular flexibility index (Phi) is 9.38. The van der Waals surface area contributed by atoms with Crippen molar-refractivity contribution in [1.82, 2.24) is 0 Å². The maximum Gasteiger partial charge on any atom is 0.153 e. The molecule has 0 aromatic rings. The van der Waals surface area contributed by atoms with E-state index in [1.165, 1.54) is 38.5 Å². The van der Waals surface area contributed by atoms with Crippen molar-refractivity contribution in [2.24, 2.45) is 0 Å². The lowest BCUT2D eigenvalue weighted by atomic mass is 10.0. The molecule has 0 atom stereocenters. The Morgan fingerprint density at radius 2 is 1.32 bits per heavy atom. The van der Waals surface area contributed by atoms with Crippen LogP contribution in [0, 0.1) is 0 Å². The minimum absolute atomic E-state index is 0.0137. The zero-order valence-corrected chi connectivity index (χ0v) is 14.5. The van der Waals surface area contributed by atoms with E-state index in [2.05, 4.69) is 15.9 Å². The Hall–Kier alpha value is 0.430. The van der Waals surface area contributed by atoms with Crippen molar-refractivity contribution in [2.75, 3.05) is 11.1 Å². The Labute approximate surface area is 127 Å². The lowest BCUT2D eigenvalue weighted by Crippen LogP contribution is -2.26.